The number of H-pyrrole nitrogens is 2. The second kappa shape index (κ2) is 3.43. The Hall–Kier alpha value is -2.62. The molecule has 0 aliphatic heterocycles. The smallest absolute Gasteiger partial charge is 0.138 e. The first-order valence-corrected chi connectivity index (χ1v) is 5.78. The van der Waals surface area contributed by atoms with Gasteiger partial charge in [-0.2, -0.15) is 5.10 Å². The summed E-state index contributed by atoms with van der Waals surface area (Å²) in [5.74, 6) is 0.882. The van der Waals surface area contributed by atoms with Crippen molar-refractivity contribution < 1.29 is 0 Å². The van der Waals surface area contributed by atoms with Crippen LogP contribution in [0.3, 0.4) is 0 Å². The Bertz CT molecular complexity index is 808. The molecule has 0 atom stereocenters. The molecule has 18 heavy (non-hydrogen) atoms. The predicted octanol–water partition coefficient (Wildman–Crippen LogP) is 3.11. The summed E-state index contributed by atoms with van der Waals surface area (Å²) in [6, 6.07) is 14.2. The van der Waals surface area contributed by atoms with Crippen LogP contribution in [0.1, 0.15) is 0 Å². The highest BCUT2D eigenvalue weighted by Crippen LogP contribution is 2.23. The van der Waals surface area contributed by atoms with E-state index >= 15 is 0 Å². The number of benzene rings is 2. The summed E-state index contributed by atoms with van der Waals surface area (Å²) in [7, 11) is 0. The molecule has 0 spiro atoms. The minimum Gasteiger partial charge on any atom is -0.338 e. The topological polar surface area (TPSA) is 57.4 Å². The van der Waals surface area contributed by atoms with E-state index in [2.05, 4.69) is 32.3 Å². The fourth-order valence-electron chi connectivity index (χ4n) is 2.17. The molecular formula is C14H10N4. The van der Waals surface area contributed by atoms with Crippen LogP contribution >= 0.6 is 0 Å². The van der Waals surface area contributed by atoms with Crippen LogP contribution in [0.4, 0.5) is 0 Å². The summed E-state index contributed by atoms with van der Waals surface area (Å²) in [5.41, 5.74) is 4.12. The fourth-order valence-corrected chi connectivity index (χ4v) is 2.17. The fraction of sp³-hybridized carbons (Fsp3) is 0. The standard InChI is InChI=1S/C14H10N4/c1-2-4-12-11(3-1)16-14(17-12)9-5-6-10-8-15-18-13(10)7-9/h1-8H,(H,15,18)(H,16,17). The minimum absolute atomic E-state index is 0.882. The molecule has 0 fully saturated rings. The number of rotatable bonds is 1. The van der Waals surface area contributed by atoms with Crippen molar-refractivity contribution in [2.45, 2.75) is 0 Å². The summed E-state index contributed by atoms with van der Waals surface area (Å²) in [6.45, 7) is 0. The number of hydrogen-bond donors (Lipinski definition) is 2. The first-order valence-electron chi connectivity index (χ1n) is 5.78. The van der Waals surface area contributed by atoms with Gasteiger partial charge in [-0.15, -0.1) is 0 Å². The Morgan fingerprint density at radius 1 is 0.944 bits per heavy atom. The van der Waals surface area contributed by atoms with Crippen molar-refractivity contribution >= 4 is 21.9 Å². The highest BCUT2D eigenvalue weighted by atomic mass is 15.1. The average molecular weight is 234 g/mol. The van der Waals surface area contributed by atoms with Gasteiger partial charge in [0, 0.05) is 10.9 Å². The zero-order valence-corrected chi connectivity index (χ0v) is 9.51. The van der Waals surface area contributed by atoms with Gasteiger partial charge >= 0.3 is 0 Å². The summed E-state index contributed by atoms with van der Waals surface area (Å²) >= 11 is 0. The van der Waals surface area contributed by atoms with Gasteiger partial charge in [-0.25, -0.2) is 4.98 Å². The average Bonchev–Trinajstić information content (AvgIpc) is 3.04. The maximum atomic E-state index is 4.58. The molecule has 2 N–H and O–H groups in total. The van der Waals surface area contributed by atoms with Gasteiger partial charge < -0.3 is 4.98 Å². The number of hydrogen-bond acceptors (Lipinski definition) is 2. The van der Waals surface area contributed by atoms with Gasteiger partial charge in [-0.1, -0.05) is 24.3 Å². The van der Waals surface area contributed by atoms with Crippen molar-refractivity contribution in [1.29, 1.82) is 0 Å². The Morgan fingerprint density at radius 3 is 2.83 bits per heavy atom. The first-order chi connectivity index (χ1) is 8.90. The van der Waals surface area contributed by atoms with E-state index in [9.17, 15) is 0 Å². The molecule has 4 rings (SSSR count). The summed E-state index contributed by atoms with van der Waals surface area (Å²) in [5, 5.41) is 8.10. The summed E-state index contributed by atoms with van der Waals surface area (Å²) in [4.78, 5) is 7.91. The second-order valence-electron chi connectivity index (χ2n) is 4.27. The SMILES string of the molecule is c1ccc2[nH]c(-c3ccc4cn[nH]c4c3)nc2c1. The van der Waals surface area contributed by atoms with Gasteiger partial charge in [-0.3, -0.25) is 5.10 Å². The Kier molecular flexibility index (Phi) is 1.80. The summed E-state index contributed by atoms with van der Waals surface area (Å²) < 4.78 is 0. The van der Waals surface area contributed by atoms with Gasteiger partial charge in [0.15, 0.2) is 0 Å². The number of nitrogens with one attached hydrogen (secondary N) is 2. The first kappa shape index (κ1) is 9.41. The van der Waals surface area contributed by atoms with Crippen LogP contribution in [-0.4, -0.2) is 20.2 Å². The molecule has 86 valence electrons. The minimum atomic E-state index is 0.882. The van der Waals surface area contributed by atoms with Crippen molar-refractivity contribution in [2.24, 2.45) is 0 Å². The number of fused-ring (bicyclic) bond motifs is 2. The predicted molar refractivity (Wildman–Crippen MR) is 71.2 cm³/mol. The van der Waals surface area contributed by atoms with Gasteiger partial charge in [0.05, 0.1) is 22.7 Å². The largest absolute Gasteiger partial charge is 0.338 e. The van der Waals surface area contributed by atoms with Gasteiger partial charge in [0.2, 0.25) is 0 Å². The molecule has 0 aliphatic carbocycles. The third-order valence-corrected chi connectivity index (χ3v) is 3.10. The molecule has 0 aliphatic rings. The number of aromatic amines is 2. The van der Waals surface area contributed by atoms with Crippen LogP contribution in [0, 0.1) is 0 Å². The molecule has 4 heteroatoms. The molecular weight excluding hydrogens is 224 g/mol. The van der Waals surface area contributed by atoms with Crippen molar-refractivity contribution in [3.05, 3.63) is 48.7 Å². The monoisotopic (exact) mass is 234 g/mol. The lowest BCUT2D eigenvalue weighted by atomic mass is 10.1. The molecule has 0 bridgehead atoms. The normalized spacial score (nSPS) is 11.3. The lowest BCUT2D eigenvalue weighted by molar-refractivity contribution is 1.12. The van der Waals surface area contributed by atoms with E-state index in [0.717, 1.165) is 33.3 Å². The second-order valence-corrected chi connectivity index (χ2v) is 4.27. The van der Waals surface area contributed by atoms with Crippen LogP contribution in [0.5, 0.6) is 0 Å². The summed E-state index contributed by atoms with van der Waals surface area (Å²) in [6.07, 6.45) is 1.82. The molecule has 2 aromatic heterocycles. The molecule has 4 aromatic rings. The van der Waals surface area contributed by atoms with Gasteiger partial charge in [-0.05, 0) is 18.2 Å². The Morgan fingerprint density at radius 2 is 1.89 bits per heavy atom. The van der Waals surface area contributed by atoms with Crippen molar-refractivity contribution in [3.63, 3.8) is 0 Å². The molecule has 2 aromatic carbocycles. The van der Waals surface area contributed by atoms with Crippen LogP contribution in [0.15, 0.2) is 48.7 Å². The molecule has 4 nitrogen and oxygen atoms in total. The number of aromatic nitrogens is 4. The van der Waals surface area contributed by atoms with E-state index in [-0.39, 0.29) is 0 Å². The van der Waals surface area contributed by atoms with E-state index in [1.54, 1.807) is 0 Å². The van der Waals surface area contributed by atoms with E-state index in [4.69, 9.17) is 0 Å². The zero-order valence-electron chi connectivity index (χ0n) is 9.51. The molecule has 0 unspecified atom stereocenters. The highest BCUT2D eigenvalue weighted by Gasteiger charge is 2.05. The number of nitrogens with zero attached hydrogens (tertiary/aromatic N) is 2. The Balaban J connectivity index is 1.94. The van der Waals surface area contributed by atoms with E-state index < -0.39 is 0 Å². The van der Waals surface area contributed by atoms with Crippen LogP contribution < -0.4 is 0 Å². The lowest BCUT2D eigenvalue weighted by Crippen LogP contribution is -1.80. The highest BCUT2D eigenvalue weighted by molar-refractivity contribution is 5.85. The van der Waals surface area contributed by atoms with Crippen molar-refractivity contribution in [1.82, 2.24) is 20.2 Å². The van der Waals surface area contributed by atoms with E-state index in [1.165, 1.54) is 0 Å². The van der Waals surface area contributed by atoms with Gasteiger partial charge in [0.25, 0.3) is 0 Å². The molecule has 0 amide bonds. The maximum Gasteiger partial charge on any atom is 0.138 e. The van der Waals surface area contributed by atoms with Crippen molar-refractivity contribution in [2.75, 3.05) is 0 Å². The quantitative estimate of drug-likeness (QED) is 0.531. The molecule has 2 heterocycles. The Labute approximate surface area is 103 Å². The van der Waals surface area contributed by atoms with E-state index in [1.807, 2.05) is 36.5 Å². The third-order valence-electron chi connectivity index (χ3n) is 3.10. The van der Waals surface area contributed by atoms with Crippen LogP contribution in [0.2, 0.25) is 0 Å². The number of para-hydroxylation sites is 2. The maximum absolute atomic E-state index is 4.58. The molecule has 0 saturated heterocycles. The van der Waals surface area contributed by atoms with Crippen molar-refractivity contribution in [3.8, 4) is 11.4 Å². The van der Waals surface area contributed by atoms with E-state index in [0.29, 0.717) is 0 Å². The lowest BCUT2D eigenvalue weighted by Gasteiger charge is -1.96. The van der Waals surface area contributed by atoms with Crippen LogP contribution in [-0.2, 0) is 0 Å². The van der Waals surface area contributed by atoms with Gasteiger partial charge in [0.1, 0.15) is 5.82 Å². The molecule has 0 radical (unpaired) electrons. The zero-order chi connectivity index (χ0) is 11.9. The third kappa shape index (κ3) is 1.32. The number of imidazole rings is 1. The van der Waals surface area contributed by atoms with Crippen LogP contribution in [0.25, 0.3) is 33.3 Å². The molecule has 0 saturated carbocycles.